The number of carbonyl (C=O) groups is 6. The first kappa shape index (κ1) is 65.8. The summed E-state index contributed by atoms with van der Waals surface area (Å²) in [5.74, 6) is 1.07. The van der Waals surface area contributed by atoms with Crippen LogP contribution in [0.1, 0.15) is 49.9 Å². The van der Waals surface area contributed by atoms with Crippen molar-refractivity contribution in [3.63, 3.8) is 0 Å². The number of alkyl halides is 2. The van der Waals surface area contributed by atoms with Gasteiger partial charge in [-0.15, -0.1) is 23.2 Å². The Bertz CT molecular complexity index is 2680. The maximum atomic E-state index is 11.9. The minimum absolute atomic E-state index is 0.168. The number of rotatable bonds is 20. The zero-order valence-electron chi connectivity index (χ0n) is 46.9. The molecule has 0 spiro atoms. The molecular formula is C60H72Cl2N6O12. The van der Waals surface area contributed by atoms with Crippen molar-refractivity contribution in [2.24, 2.45) is 0 Å². The molecule has 0 aliphatic rings. The van der Waals surface area contributed by atoms with Crippen LogP contribution in [-0.2, 0) is 44.9 Å². The van der Waals surface area contributed by atoms with E-state index in [1.54, 1.807) is 90.9 Å². The Morgan fingerprint density at radius 2 is 0.675 bits per heavy atom. The maximum absolute atomic E-state index is 11.9. The van der Waals surface area contributed by atoms with Gasteiger partial charge in [-0.25, -0.2) is 9.59 Å². The molecule has 18 nitrogen and oxygen atoms in total. The summed E-state index contributed by atoms with van der Waals surface area (Å²) in [6, 6.07) is 40.2. The molecule has 80 heavy (non-hydrogen) atoms. The Balaban J connectivity index is 0.000000281. The summed E-state index contributed by atoms with van der Waals surface area (Å²) in [5, 5.41) is 23.5. The number of hydrogen-bond acceptors (Lipinski definition) is 10. The fraction of sp³-hybridized carbons (Fsp3) is 0.300. The first-order valence-corrected chi connectivity index (χ1v) is 26.5. The van der Waals surface area contributed by atoms with Crippen molar-refractivity contribution in [2.75, 3.05) is 87.7 Å². The van der Waals surface area contributed by atoms with Gasteiger partial charge in [0.25, 0.3) is 0 Å². The number of nitrogens with zero attached hydrogens (tertiary/aromatic N) is 4. The lowest BCUT2D eigenvalue weighted by Gasteiger charge is -2.25. The number of carbonyl (C=O) groups excluding carboxylic acids is 4. The summed E-state index contributed by atoms with van der Waals surface area (Å²) in [4.78, 5) is 74.3. The van der Waals surface area contributed by atoms with Crippen LogP contribution in [0.15, 0.2) is 133 Å². The van der Waals surface area contributed by atoms with E-state index in [1.165, 1.54) is 19.6 Å². The molecule has 4 N–H and O–H groups in total. The molecule has 0 heterocycles. The second-order valence-corrected chi connectivity index (χ2v) is 18.1. The monoisotopic (exact) mass is 1140 g/mol. The van der Waals surface area contributed by atoms with Crippen LogP contribution in [0.3, 0.4) is 0 Å². The van der Waals surface area contributed by atoms with Crippen LogP contribution in [0.25, 0.3) is 0 Å². The summed E-state index contributed by atoms with van der Waals surface area (Å²) in [7, 11) is 10.0. The number of anilines is 4. The Kier molecular flexibility index (Phi) is 28.3. The van der Waals surface area contributed by atoms with E-state index in [2.05, 4.69) is 10.6 Å². The molecule has 0 saturated heterocycles. The van der Waals surface area contributed by atoms with Crippen molar-refractivity contribution in [1.29, 1.82) is 0 Å². The molecule has 0 fully saturated rings. The lowest BCUT2D eigenvalue weighted by molar-refractivity contribution is -0.137. The average Bonchev–Trinajstić information content (AvgIpc) is 3.47. The largest absolute Gasteiger partial charge is 0.497 e. The minimum atomic E-state index is -1.05. The minimum Gasteiger partial charge on any atom is -0.497 e. The molecule has 6 amide bonds. The molecule has 20 heteroatoms. The first-order valence-electron chi connectivity index (χ1n) is 25.4. The Morgan fingerprint density at radius 3 is 0.887 bits per heavy atom. The van der Waals surface area contributed by atoms with Gasteiger partial charge in [0.15, 0.2) is 0 Å². The number of ether oxygens (including phenoxy) is 4. The van der Waals surface area contributed by atoms with Crippen LogP contribution >= 0.6 is 23.2 Å². The van der Waals surface area contributed by atoms with E-state index >= 15 is 0 Å². The summed E-state index contributed by atoms with van der Waals surface area (Å²) >= 11 is 11.2. The number of nitrogens with one attached hydrogen (secondary N) is 2. The van der Waals surface area contributed by atoms with E-state index in [9.17, 15) is 28.8 Å². The fourth-order valence-corrected chi connectivity index (χ4v) is 7.65. The van der Waals surface area contributed by atoms with Crippen molar-refractivity contribution in [1.82, 2.24) is 9.80 Å². The predicted molar refractivity (Wildman–Crippen MR) is 316 cm³/mol. The van der Waals surface area contributed by atoms with Gasteiger partial charge in [-0.3, -0.25) is 29.0 Å². The molecule has 0 aliphatic heterocycles. The number of halogens is 2. The van der Waals surface area contributed by atoms with E-state index < -0.39 is 11.9 Å². The standard InChI is InChI=1S/2C16H18N2O3.2C14H18ClNO3/c2*1-18(2)16(19)17-12-4-6-14(7-5-12)21-15-10-8-13(20-3)9-11-15;2*1-3-10-6-5-7-11(4-2)14(10)16(9-13(18)19)12(17)8-15/h2*4-11H,1-3H3,(H,17,19);2*5-7H,3-4,8-9H2,1-2H3,(H,18,19). The SMILES string of the molecule is CCc1cccc(CC)c1N(CC(=O)O)C(=O)CCl.CCc1cccc(CC)c1N(CC(=O)O)C(=O)CCl.COc1ccc(Oc2ccc(NC(=O)N(C)C)cc2)cc1.COc1ccc(Oc2ccc(NC(=O)N(C)C)cc2)cc1. The van der Waals surface area contributed by atoms with Crippen molar-refractivity contribution >= 4 is 81.8 Å². The second kappa shape index (κ2) is 34.4. The fourth-order valence-electron chi connectivity index (χ4n) is 7.37. The predicted octanol–water partition coefficient (Wildman–Crippen LogP) is 12.1. The third kappa shape index (κ3) is 21.4. The van der Waals surface area contributed by atoms with Crippen molar-refractivity contribution in [2.45, 2.75) is 53.4 Å². The van der Waals surface area contributed by atoms with Crippen LogP contribution in [0.2, 0.25) is 0 Å². The smallest absolute Gasteiger partial charge is 0.323 e. The lowest BCUT2D eigenvalue weighted by atomic mass is 10.0. The van der Waals surface area contributed by atoms with Crippen LogP contribution in [0.5, 0.6) is 34.5 Å². The second-order valence-electron chi connectivity index (χ2n) is 17.5. The molecule has 6 aromatic carbocycles. The highest BCUT2D eigenvalue weighted by Gasteiger charge is 2.24. The first-order chi connectivity index (χ1) is 38.2. The number of hydrogen-bond donors (Lipinski definition) is 4. The number of para-hydroxylation sites is 2. The molecule has 0 aliphatic carbocycles. The van der Waals surface area contributed by atoms with E-state index in [-0.39, 0.29) is 48.7 Å². The number of amides is 6. The van der Waals surface area contributed by atoms with E-state index in [4.69, 9.17) is 52.4 Å². The maximum Gasteiger partial charge on any atom is 0.323 e. The van der Waals surface area contributed by atoms with Crippen LogP contribution in [0.4, 0.5) is 32.3 Å². The molecule has 6 aromatic rings. The molecule has 0 saturated carbocycles. The zero-order valence-corrected chi connectivity index (χ0v) is 48.4. The van der Waals surface area contributed by atoms with Crippen molar-refractivity contribution in [3.05, 3.63) is 156 Å². The lowest BCUT2D eigenvalue weighted by Crippen LogP contribution is -2.37. The molecule has 0 aromatic heterocycles. The van der Waals surface area contributed by atoms with Gasteiger partial charge in [0, 0.05) is 39.6 Å². The van der Waals surface area contributed by atoms with Gasteiger partial charge in [-0.2, -0.15) is 0 Å². The number of benzene rings is 6. The van der Waals surface area contributed by atoms with E-state index in [1.807, 2.05) is 113 Å². The molecular weight excluding hydrogens is 1070 g/mol. The molecule has 428 valence electrons. The summed E-state index contributed by atoms with van der Waals surface area (Å²) in [6.45, 7) is 7.17. The topological polar surface area (TPSA) is 217 Å². The van der Waals surface area contributed by atoms with Gasteiger partial charge in [0.1, 0.15) is 59.3 Å². The van der Waals surface area contributed by atoms with Crippen LogP contribution in [0, 0.1) is 0 Å². The zero-order chi connectivity index (χ0) is 59.3. The van der Waals surface area contributed by atoms with Crippen LogP contribution < -0.4 is 39.4 Å². The highest BCUT2D eigenvalue weighted by atomic mass is 35.5. The average molecular weight is 1140 g/mol. The van der Waals surface area contributed by atoms with Gasteiger partial charge in [0.2, 0.25) is 11.8 Å². The number of aliphatic carboxylic acids is 2. The van der Waals surface area contributed by atoms with Gasteiger partial charge in [-0.1, -0.05) is 64.1 Å². The Hall–Kier alpha value is -8.48. The Morgan fingerprint density at radius 1 is 0.425 bits per heavy atom. The van der Waals surface area contributed by atoms with Crippen molar-refractivity contribution < 1.29 is 57.9 Å². The van der Waals surface area contributed by atoms with E-state index in [0.29, 0.717) is 22.9 Å². The Labute approximate surface area is 478 Å². The number of methoxy groups -OCH3 is 2. The molecule has 0 radical (unpaired) electrons. The highest BCUT2D eigenvalue weighted by Crippen LogP contribution is 2.30. The number of carboxylic acid groups (broad SMARTS) is 2. The quantitative estimate of drug-likeness (QED) is 0.0525. The third-order valence-electron chi connectivity index (χ3n) is 11.5. The van der Waals surface area contributed by atoms with E-state index in [0.717, 1.165) is 82.3 Å². The van der Waals surface area contributed by atoms with Gasteiger partial charge in [-0.05, 0) is 145 Å². The number of aryl methyl sites for hydroxylation is 4. The molecule has 0 atom stereocenters. The number of urea groups is 2. The third-order valence-corrected chi connectivity index (χ3v) is 12.0. The summed E-state index contributed by atoms with van der Waals surface area (Å²) in [5.41, 5.74) is 6.66. The normalized spacial score (nSPS) is 10.1. The number of carboxylic acids is 2. The molecule has 6 rings (SSSR count). The van der Waals surface area contributed by atoms with Crippen molar-refractivity contribution in [3.8, 4) is 34.5 Å². The molecule has 0 unspecified atom stereocenters. The van der Waals surface area contributed by atoms with Gasteiger partial charge in [0.05, 0.1) is 25.6 Å². The van der Waals surface area contributed by atoms with Gasteiger partial charge < -0.3 is 49.6 Å². The molecule has 0 bridgehead atoms. The summed E-state index contributed by atoms with van der Waals surface area (Å²) in [6.07, 6.45) is 2.92. The van der Waals surface area contributed by atoms with Gasteiger partial charge >= 0.3 is 24.0 Å². The summed E-state index contributed by atoms with van der Waals surface area (Å²) < 4.78 is 21.6. The van der Waals surface area contributed by atoms with Crippen LogP contribution in [-0.4, -0.2) is 123 Å². The highest BCUT2D eigenvalue weighted by molar-refractivity contribution is 6.30.